The molecule has 2 N–H and O–H groups in total. The lowest BCUT2D eigenvalue weighted by atomic mass is 9.97. The highest BCUT2D eigenvalue weighted by Crippen LogP contribution is 2.34. The topological polar surface area (TPSA) is 26.0 Å². The van der Waals surface area contributed by atoms with Crippen LogP contribution in [0.4, 0.5) is 17.6 Å². The quantitative estimate of drug-likeness (QED) is 0.553. The zero-order valence-electron chi connectivity index (χ0n) is 10.4. The third-order valence-electron chi connectivity index (χ3n) is 2.95. The molecule has 0 amide bonds. The molecule has 1 unspecified atom stereocenters. The second-order valence-corrected chi connectivity index (χ2v) is 5.65. The summed E-state index contributed by atoms with van der Waals surface area (Å²) in [5, 5.41) is 0.230. The van der Waals surface area contributed by atoms with Gasteiger partial charge in [-0.2, -0.15) is 13.2 Å². The first-order chi connectivity index (χ1) is 9.70. The van der Waals surface area contributed by atoms with Crippen molar-refractivity contribution >= 4 is 27.5 Å². The Labute approximate surface area is 131 Å². The molecule has 2 rings (SSSR count). The van der Waals surface area contributed by atoms with Crippen LogP contribution in [0.2, 0.25) is 5.02 Å². The van der Waals surface area contributed by atoms with Crippen molar-refractivity contribution in [3.05, 3.63) is 68.4 Å². The fourth-order valence-electron chi connectivity index (χ4n) is 1.86. The van der Waals surface area contributed by atoms with E-state index in [1.165, 1.54) is 18.2 Å². The van der Waals surface area contributed by atoms with Crippen LogP contribution in [0.3, 0.4) is 0 Å². The largest absolute Gasteiger partial charge is 0.416 e. The van der Waals surface area contributed by atoms with Gasteiger partial charge in [0.05, 0.1) is 16.6 Å². The first-order valence-electron chi connectivity index (χ1n) is 5.77. The van der Waals surface area contributed by atoms with Crippen molar-refractivity contribution < 1.29 is 17.6 Å². The normalized spacial score (nSPS) is 13.3. The Bertz CT molecular complexity index is 673. The number of halogens is 6. The highest BCUT2D eigenvalue weighted by molar-refractivity contribution is 9.10. The number of rotatable bonds is 2. The molecule has 0 radical (unpaired) electrons. The van der Waals surface area contributed by atoms with Gasteiger partial charge in [-0.25, -0.2) is 4.39 Å². The van der Waals surface area contributed by atoms with Gasteiger partial charge >= 0.3 is 6.18 Å². The van der Waals surface area contributed by atoms with Crippen molar-refractivity contribution in [2.75, 3.05) is 0 Å². The van der Waals surface area contributed by atoms with E-state index in [0.29, 0.717) is 4.47 Å². The van der Waals surface area contributed by atoms with E-state index < -0.39 is 23.6 Å². The predicted octanol–water partition coefficient (Wildman–Crippen LogP) is 5.31. The molecular weight excluding hydrogens is 374 g/mol. The van der Waals surface area contributed by atoms with Crippen LogP contribution in [0, 0.1) is 5.82 Å². The van der Waals surface area contributed by atoms with Gasteiger partial charge < -0.3 is 5.73 Å². The van der Waals surface area contributed by atoms with Crippen LogP contribution in [0.15, 0.2) is 40.9 Å². The third kappa shape index (κ3) is 3.56. The number of hydrogen-bond donors (Lipinski definition) is 1. The van der Waals surface area contributed by atoms with Gasteiger partial charge in [0.1, 0.15) is 5.82 Å². The summed E-state index contributed by atoms with van der Waals surface area (Å²) in [4.78, 5) is 0. The Balaban J connectivity index is 2.45. The lowest BCUT2D eigenvalue weighted by Crippen LogP contribution is -2.15. The van der Waals surface area contributed by atoms with E-state index in [9.17, 15) is 17.6 Å². The fraction of sp³-hybridized carbons (Fsp3) is 0.143. The van der Waals surface area contributed by atoms with Gasteiger partial charge in [-0.1, -0.05) is 23.7 Å². The molecule has 21 heavy (non-hydrogen) atoms. The molecule has 0 saturated carbocycles. The van der Waals surface area contributed by atoms with Gasteiger partial charge in [0.2, 0.25) is 0 Å². The average molecular weight is 383 g/mol. The van der Waals surface area contributed by atoms with Crippen LogP contribution < -0.4 is 5.73 Å². The first-order valence-corrected chi connectivity index (χ1v) is 6.94. The molecule has 0 aliphatic rings. The predicted molar refractivity (Wildman–Crippen MR) is 76.6 cm³/mol. The van der Waals surface area contributed by atoms with Gasteiger partial charge in [-0.15, -0.1) is 0 Å². The highest BCUT2D eigenvalue weighted by atomic mass is 79.9. The van der Waals surface area contributed by atoms with E-state index >= 15 is 0 Å². The minimum atomic E-state index is -4.48. The molecule has 2 aromatic rings. The molecule has 112 valence electrons. The Morgan fingerprint density at radius 3 is 2.43 bits per heavy atom. The minimum absolute atomic E-state index is 0.0301. The van der Waals surface area contributed by atoms with Crippen LogP contribution in [0.1, 0.15) is 22.7 Å². The molecular formula is C14H9BrClF4N. The zero-order chi connectivity index (χ0) is 15.8. The summed E-state index contributed by atoms with van der Waals surface area (Å²) in [6.07, 6.45) is -4.48. The monoisotopic (exact) mass is 381 g/mol. The lowest BCUT2D eigenvalue weighted by Gasteiger charge is -2.16. The highest BCUT2D eigenvalue weighted by Gasteiger charge is 2.31. The molecule has 0 bridgehead atoms. The maximum atomic E-state index is 13.9. The van der Waals surface area contributed by atoms with E-state index in [-0.39, 0.29) is 16.1 Å². The van der Waals surface area contributed by atoms with Crippen LogP contribution in [-0.2, 0) is 6.18 Å². The number of alkyl halides is 3. The van der Waals surface area contributed by atoms with Crippen LogP contribution in [0.25, 0.3) is 0 Å². The lowest BCUT2D eigenvalue weighted by molar-refractivity contribution is -0.137. The molecule has 0 fully saturated rings. The molecule has 0 spiro atoms. The fourth-order valence-corrected chi connectivity index (χ4v) is 2.35. The smallest absolute Gasteiger partial charge is 0.320 e. The van der Waals surface area contributed by atoms with Gasteiger partial charge in [0, 0.05) is 10.0 Å². The molecule has 1 atom stereocenters. The average Bonchev–Trinajstić information content (AvgIpc) is 2.41. The molecule has 7 heteroatoms. The maximum absolute atomic E-state index is 13.9. The Hall–Kier alpha value is -1.11. The Kier molecular flexibility index (Phi) is 4.60. The molecule has 2 aromatic carbocycles. The molecule has 0 heterocycles. The second kappa shape index (κ2) is 5.94. The van der Waals surface area contributed by atoms with Crippen LogP contribution in [0.5, 0.6) is 0 Å². The summed E-state index contributed by atoms with van der Waals surface area (Å²) in [5.41, 5.74) is 5.22. The first kappa shape index (κ1) is 16.3. The number of benzene rings is 2. The third-order valence-corrected chi connectivity index (χ3v) is 4.14. The van der Waals surface area contributed by atoms with Gasteiger partial charge in [0.25, 0.3) is 0 Å². The number of hydrogen-bond acceptors (Lipinski definition) is 1. The van der Waals surface area contributed by atoms with Crippen molar-refractivity contribution in [1.82, 2.24) is 0 Å². The van der Waals surface area contributed by atoms with Crippen molar-refractivity contribution in [1.29, 1.82) is 0 Å². The Morgan fingerprint density at radius 1 is 1.14 bits per heavy atom. The van der Waals surface area contributed by atoms with E-state index in [0.717, 1.165) is 18.2 Å². The maximum Gasteiger partial charge on any atom is 0.416 e. The molecule has 0 aromatic heterocycles. The van der Waals surface area contributed by atoms with E-state index in [1.54, 1.807) is 0 Å². The number of nitrogens with two attached hydrogens (primary N) is 1. The van der Waals surface area contributed by atoms with Gasteiger partial charge in [0.15, 0.2) is 0 Å². The summed E-state index contributed by atoms with van der Waals surface area (Å²) in [7, 11) is 0. The van der Waals surface area contributed by atoms with Crippen molar-refractivity contribution in [2.45, 2.75) is 12.2 Å². The molecule has 0 saturated heterocycles. The molecule has 0 aliphatic heterocycles. The SMILES string of the molecule is NC(c1cccc(C(F)(F)F)c1)c1cc(Cl)c(Br)cc1F. The minimum Gasteiger partial charge on any atom is -0.320 e. The van der Waals surface area contributed by atoms with Crippen LogP contribution in [-0.4, -0.2) is 0 Å². The van der Waals surface area contributed by atoms with Crippen molar-refractivity contribution in [3.63, 3.8) is 0 Å². The molecule has 1 nitrogen and oxygen atoms in total. The van der Waals surface area contributed by atoms with E-state index in [2.05, 4.69) is 15.9 Å². The van der Waals surface area contributed by atoms with Crippen molar-refractivity contribution in [2.24, 2.45) is 5.73 Å². The van der Waals surface area contributed by atoms with E-state index in [1.807, 2.05) is 0 Å². The summed E-state index contributed by atoms with van der Waals surface area (Å²) >= 11 is 8.93. The van der Waals surface area contributed by atoms with E-state index in [4.69, 9.17) is 17.3 Å². The summed E-state index contributed by atoms with van der Waals surface area (Å²) in [6.45, 7) is 0. The summed E-state index contributed by atoms with van der Waals surface area (Å²) in [6, 6.07) is 5.86. The van der Waals surface area contributed by atoms with Gasteiger partial charge in [-0.05, 0) is 45.8 Å². The summed E-state index contributed by atoms with van der Waals surface area (Å²) < 4.78 is 52.3. The summed E-state index contributed by atoms with van der Waals surface area (Å²) in [5.74, 6) is -0.642. The zero-order valence-corrected chi connectivity index (χ0v) is 12.7. The molecule has 0 aliphatic carbocycles. The van der Waals surface area contributed by atoms with Crippen molar-refractivity contribution in [3.8, 4) is 0 Å². The second-order valence-electron chi connectivity index (χ2n) is 4.39. The van der Waals surface area contributed by atoms with Crippen LogP contribution >= 0.6 is 27.5 Å². The van der Waals surface area contributed by atoms with Gasteiger partial charge in [-0.3, -0.25) is 0 Å². The standard InChI is InChI=1S/C14H9BrClF4N/c15-10-6-12(17)9(5-11(10)16)13(21)7-2-1-3-8(4-7)14(18,19)20/h1-6,13H,21H2. The Morgan fingerprint density at radius 2 is 1.81 bits per heavy atom.